The van der Waals surface area contributed by atoms with Crippen LogP contribution in [0, 0.1) is 0 Å². The molecule has 0 saturated heterocycles. The van der Waals surface area contributed by atoms with Crippen molar-refractivity contribution < 1.29 is 9.53 Å². The van der Waals surface area contributed by atoms with E-state index in [0.29, 0.717) is 16.9 Å². The quantitative estimate of drug-likeness (QED) is 0.607. The number of hydrogen-bond donors (Lipinski definition) is 1. The highest BCUT2D eigenvalue weighted by Gasteiger charge is 2.13. The molecule has 2 rings (SSSR count). The van der Waals surface area contributed by atoms with Gasteiger partial charge in [-0.05, 0) is 23.6 Å². The summed E-state index contributed by atoms with van der Waals surface area (Å²) < 4.78 is 7.05. The summed E-state index contributed by atoms with van der Waals surface area (Å²) in [6, 6.07) is 7.94. The maximum atomic E-state index is 11.6. The minimum Gasteiger partial charge on any atom is -0.486 e. The average molecular weight is 349 g/mol. The Balaban J connectivity index is 1.92. The minimum atomic E-state index is -0.00829. The zero-order valence-corrected chi connectivity index (χ0v) is 15.2. The number of thioether (sulfide) groups is 1. The monoisotopic (exact) mass is 349 g/mol. The number of hydrogen-bond acceptors (Lipinski definition) is 6. The third kappa shape index (κ3) is 4.64. The summed E-state index contributed by atoms with van der Waals surface area (Å²) in [7, 11) is 3.42. The topological polar surface area (TPSA) is 86.3 Å². The number of carbonyl (C=O) groups excluding carboxylic acids is 1. The first-order valence-corrected chi connectivity index (χ1v) is 8.62. The van der Waals surface area contributed by atoms with Crippen LogP contribution in [0.25, 0.3) is 0 Å². The normalized spacial score (nSPS) is 10.9. The Hall–Kier alpha value is -2.22. The predicted molar refractivity (Wildman–Crippen MR) is 94.5 cm³/mol. The van der Waals surface area contributed by atoms with E-state index in [4.69, 9.17) is 10.6 Å². The molecule has 2 N–H and O–H groups in total. The highest BCUT2D eigenvalue weighted by molar-refractivity contribution is 7.99. The second-order valence-electron chi connectivity index (χ2n) is 5.86. The van der Waals surface area contributed by atoms with Gasteiger partial charge in [0.2, 0.25) is 11.1 Å². The number of aromatic nitrogens is 3. The Kier molecular flexibility index (Phi) is 6.08. The Morgan fingerprint density at radius 2 is 1.96 bits per heavy atom. The van der Waals surface area contributed by atoms with Crippen LogP contribution in [-0.2, 0) is 11.4 Å². The van der Waals surface area contributed by atoms with Gasteiger partial charge >= 0.3 is 0 Å². The first-order chi connectivity index (χ1) is 11.4. The Morgan fingerprint density at radius 3 is 2.54 bits per heavy atom. The van der Waals surface area contributed by atoms with Gasteiger partial charge in [-0.25, -0.2) is 4.68 Å². The number of carbonyl (C=O) groups is 1. The fourth-order valence-electron chi connectivity index (χ4n) is 1.86. The summed E-state index contributed by atoms with van der Waals surface area (Å²) in [6.45, 7) is 4.51. The lowest BCUT2D eigenvalue weighted by molar-refractivity contribution is -0.125. The van der Waals surface area contributed by atoms with E-state index in [0.717, 1.165) is 5.75 Å². The molecule has 1 amide bonds. The largest absolute Gasteiger partial charge is 0.486 e. The lowest BCUT2D eigenvalue weighted by Crippen LogP contribution is -2.24. The van der Waals surface area contributed by atoms with Crippen molar-refractivity contribution in [1.29, 1.82) is 0 Å². The van der Waals surface area contributed by atoms with E-state index in [1.807, 2.05) is 24.3 Å². The molecule has 0 spiro atoms. The number of nitrogens with zero attached hydrogens (tertiary/aromatic N) is 4. The molecule has 0 aliphatic rings. The molecular weight excluding hydrogens is 326 g/mol. The third-order valence-corrected chi connectivity index (χ3v) is 4.40. The lowest BCUT2D eigenvalue weighted by atomic mass is 10.0. The van der Waals surface area contributed by atoms with Crippen molar-refractivity contribution in [2.75, 3.05) is 25.7 Å². The maximum Gasteiger partial charge on any atom is 0.232 e. The van der Waals surface area contributed by atoms with E-state index in [2.05, 4.69) is 24.0 Å². The molecule has 2 aromatic rings. The van der Waals surface area contributed by atoms with Gasteiger partial charge in [-0.1, -0.05) is 37.7 Å². The fourth-order valence-corrected chi connectivity index (χ4v) is 2.71. The molecule has 0 unspecified atom stereocenters. The number of ether oxygens (including phenoxy) is 1. The Morgan fingerprint density at radius 1 is 1.29 bits per heavy atom. The van der Waals surface area contributed by atoms with Gasteiger partial charge in [0.25, 0.3) is 0 Å². The van der Waals surface area contributed by atoms with E-state index >= 15 is 0 Å². The van der Waals surface area contributed by atoms with Gasteiger partial charge in [0.05, 0.1) is 5.75 Å². The molecule has 7 nitrogen and oxygen atoms in total. The van der Waals surface area contributed by atoms with Crippen LogP contribution in [-0.4, -0.2) is 45.5 Å². The molecule has 130 valence electrons. The van der Waals surface area contributed by atoms with E-state index in [9.17, 15) is 4.79 Å². The molecule has 0 fully saturated rings. The number of nitrogen functional groups attached to an aromatic ring is 1. The van der Waals surface area contributed by atoms with Crippen LogP contribution in [0.15, 0.2) is 29.4 Å². The molecule has 0 atom stereocenters. The first kappa shape index (κ1) is 18.1. The van der Waals surface area contributed by atoms with Gasteiger partial charge < -0.3 is 15.5 Å². The fraction of sp³-hybridized carbons (Fsp3) is 0.438. The molecule has 1 aromatic heterocycles. The van der Waals surface area contributed by atoms with Crippen molar-refractivity contribution in [3.8, 4) is 5.75 Å². The third-order valence-electron chi connectivity index (χ3n) is 3.47. The van der Waals surface area contributed by atoms with Crippen molar-refractivity contribution in [3.63, 3.8) is 0 Å². The number of benzene rings is 1. The molecule has 24 heavy (non-hydrogen) atoms. The van der Waals surface area contributed by atoms with Gasteiger partial charge in [0.1, 0.15) is 12.4 Å². The number of rotatable bonds is 7. The van der Waals surface area contributed by atoms with Crippen LogP contribution in [0.2, 0.25) is 0 Å². The smallest absolute Gasteiger partial charge is 0.232 e. The summed E-state index contributed by atoms with van der Waals surface area (Å²) in [5, 5.41) is 8.50. The van der Waals surface area contributed by atoms with E-state index < -0.39 is 0 Å². The van der Waals surface area contributed by atoms with E-state index in [1.165, 1.54) is 26.9 Å². The highest BCUT2D eigenvalue weighted by atomic mass is 32.2. The number of nitrogens with two attached hydrogens (primary N) is 1. The van der Waals surface area contributed by atoms with Crippen molar-refractivity contribution in [1.82, 2.24) is 19.8 Å². The molecule has 8 heteroatoms. The number of amides is 1. The highest BCUT2D eigenvalue weighted by Crippen LogP contribution is 2.20. The molecule has 1 aromatic carbocycles. The van der Waals surface area contributed by atoms with Crippen LogP contribution < -0.4 is 10.6 Å². The van der Waals surface area contributed by atoms with Crippen molar-refractivity contribution in [2.24, 2.45) is 0 Å². The molecule has 0 saturated carbocycles. The van der Waals surface area contributed by atoms with Gasteiger partial charge in [-0.3, -0.25) is 4.79 Å². The average Bonchev–Trinajstić information content (AvgIpc) is 2.91. The zero-order valence-electron chi connectivity index (χ0n) is 14.4. The molecule has 1 heterocycles. The second kappa shape index (κ2) is 8.05. The Labute approximate surface area is 146 Å². The Bertz CT molecular complexity index is 682. The summed E-state index contributed by atoms with van der Waals surface area (Å²) >= 11 is 1.25. The predicted octanol–water partition coefficient (Wildman–Crippen LogP) is 1.87. The zero-order chi connectivity index (χ0) is 17.7. The van der Waals surface area contributed by atoms with Gasteiger partial charge in [-0.2, -0.15) is 0 Å². The summed E-state index contributed by atoms with van der Waals surface area (Å²) in [4.78, 5) is 13.1. The van der Waals surface area contributed by atoms with Crippen LogP contribution >= 0.6 is 11.8 Å². The van der Waals surface area contributed by atoms with Crippen LogP contribution in [0.5, 0.6) is 5.75 Å². The molecular formula is C16H23N5O2S. The SMILES string of the molecule is CC(C)c1ccc(OCc2nnc(SCC(=O)N(C)C)n2N)cc1. The molecule has 0 aliphatic carbocycles. The lowest BCUT2D eigenvalue weighted by Gasteiger charge is -2.10. The minimum absolute atomic E-state index is 0.00829. The van der Waals surface area contributed by atoms with Crippen LogP contribution in [0.4, 0.5) is 0 Å². The van der Waals surface area contributed by atoms with E-state index in [-0.39, 0.29) is 18.3 Å². The second-order valence-corrected chi connectivity index (χ2v) is 6.80. The summed E-state index contributed by atoms with van der Waals surface area (Å²) in [5.41, 5.74) is 1.26. The molecule has 0 aliphatic heterocycles. The standard InChI is InChI=1S/C16H23N5O2S/c1-11(2)12-5-7-13(8-6-12)23-9-14-18-19-16(21(14)17)24-10-15(22)20(3)4/h5-8,11H,9-10,17H2,1-4H3. The van der Waals surface area contributed by atoms with Crippen molar-refractivity contribution in [3.05, 3.63) is 35.7 Å². The van der Waals surface area contributed by atoms with Gasteiger partial charge in [0, 0.05) is 14.1 Å². The maximum absolute atomic E-state index is 11.6. The van der Waals surface area contributed by atoms with Crippen molar-refractivity contribution >= 4 is 17.7 Å². The molecule has 0 radical (unpaired) electrons. The summed E-state index contributed by atoms with van der Waals surface area (Å²) in [5.74, 6) is 7.95. The first-order valence-electron chi connectivity index (χ1n) is 7.63. The summed E-state index contributed by atoms with van der Waals surface area (Å²) in [6.07, 6.45) is 0. The van der Waals surface area contributed by atoms with Crippen molar-refractivity contribution in [2.45, 2.75) is 31.5 Å². The van der Waals surface area contributed by atoms with Gasteiger partial charge in [0.15, 0.2) is 5.82 Å². The molecule has 0 bridgehead atoms. The van der Waals surface area contributed by atoms with Crippen LogP contribution in [0.3, 0.4) is 0 Å². The van der Waals surface area contributed by atoms with Crippen LogP contribution in [0.1, 0.15) is 31.2 Å². The van der Waals surface area contributed by atoms with Gasteiger partial charge in [-0.15, -0.1) is 10.2 Å². The van der Waals surface area contributed by atoms with E-state index in [1.54, 1.807) is 14.1 Å².